The van der Waals surface area contributed by atoms with Crippen LogP contribution in [0, 0.1) is 13.8 Å². The van der Waals surface area contributed by atoms with Crippen LogP contribution in [-0.2, 0) is 0 Å². The van der Waals surface area contributed by atoms with Gasteiger partial charge in [-0.2, -0.15) is 0 Å². The number of benzene rings is 2. The molecule has 1 amide bonds. The van der Waals surface area contributed by atoms with Crippen molar-refractivity contribution in [2.45, 2.75) is 45.7 Å². The minimum atomic E-state index is -0.187. The van der Waals surface area contributed by atoms with Gasteiger partial charge in [0, 0.05) is 11.1 Å². The zero-order valence-electron chi connectivity index (χ0n) is 16.3. The van der Waals surface area contributed by atoms with Gasteiger partial charge in [-0.25, -0.2) is 0 Å². The fourth-order valence-corrected chi connectivity index (χ4v) is 3.40. The number of nitrogens with one attached hydrogen (secondary N) is 1. The number of carbonyl (C=O) groups excluding carboxylic acids is 1. The molecule has 3 nitrogen and oxygen atoms in total. The van der Waals surface area contributed by atoms with Crippen molar-refractivity contribution in [1.82, 2.24) is 10.2 Å². The lowest BCUT2D eigenvalue weighted by Gasteiger charge is -2.43. The average molecular weight is 338 g/mol. The predicted octanol–water partition coefficient (Wildman–Crippen LogP) is 4.50. The molecule has 2 unspecified atom stereocenters. The Morgan fingerprint density at radius 2 is 1.60 bits per heavy atom. The van der Waals surface area contributed by atoms with Crippen molar-refractivity contribution in [2.24, 2.45) is 0 Å². The number of rotatable bonds is 6. The summed E-state index contributed by atoms with van der Waals surface area (Å²) in [6.45, 7) is 8.35. The highest BCUT2D eigenvalue weighted by Gasteiger charge is 2.37. The number of likely N-dealkylation sites (N-methyl/N-ethyl adjacent to an activating group) is 1. The van der Waals surface area contributed by atoms with Crippen molar-refractivity contribution in [3.63, 3.8) is 0 Å². The molecule has 0 aliphatic carbocycles. The molecule has 2 rings (SSSR count). The first-order chi connectivity index (χ1) is 11.8. The second kappa shape index (κ2) is 7.83. The quantitative estimate of drug-likeness (QED) is 0.841. The van der Waals surface area contributed by atoms with E-state index in [4.69, 9.17) is 0 Å². The molecule has 2 atom stereocenters. The van der Waals surface area contributed by atoms with Crippen LogP contribution in [0.4, 0.5) is 0 Å². The Labute approximate surface area is 152 Å². The normalized spacial score (nSPS) is 14.8. The van der Waals surface area contributed by atoms with Gasteiger partial charge in [-0.3, -0.25) is 4.79 Å². The molecule has 0 fully saturated rings. The molecule has 0 aliphatic rings. The molecule has 0 saturated carbocycles. The highest BCUT2D eigenvalue weighted by atomic mass is 16.1. The maximum Gasteiger partial charge on any atom is 0.252 e. The molecule has 3 heteroatoms. The van der Waals surface area contributed by atoms with Crippen molar-refractivity contribution in [2.75, 3.05) is 14.1 Å². The molecule has 134 valence electrons. The highest BCUT2D eigenvalue weighted by molar-refractivity contribution is 5.97. The summed E-state index contributed by atoms with van der Waals surface area (Å²) in [5.74, 6) is -0.00835. The maximum absolute atomic E-state index is 13.1. The lowest BCUT2D eigenvalue weighted by Crippen LogP contribution is -2.52. The van der Waals surface area contributed by atoms with E-state index in [-0.39, 0.29) is 17.5 Å². The fraction of sp³-hybridized carbons (Fsp3) is 0.409. The highest BCUT2D eigenvalue weighted by Crippen LogP contribution is 2.33. The Bertz CT molecular complexity index is 704. The van der Waals surface area contributed by atoms with Gasteiger partial charge in [0.05, 0.1) is 6.04 Å². The SMILES string of the molecule is CCC(C)(C(NC(=O)c1c(C)cccc1C)c1ccccc1)N(C)C. The van der Waals surface area contributed by atoms with Crippen LogP contribution in [0.5, 0.6) is 0 Å². The summed E-state index contributed by atoms with van der Waals surface area (Å²) in [6.07, 6.45) is 0.923. The molecular weight excluding hydrogens is 308 g/mol. The lowest BCUT2D eigenvalue weighted by atomic mass is 9.83. The third kappa shape index (κ3) is 3.93. The summed E-state index contributed by atoms with van der Waals surface area (Å²) in [4.78, 5) is 15.3. The summed E-state index contributed by atoms with van der Waals surface area (Å²) in [5, 5.41) is 3.32. The van der Waals surface area contributed by atoms with E-state index in [2.05, 4.69) is 50.3 Å². The summed E-state index contributed by atoms with van der Waals surface area (Å²) in [6, 6.07) is 16.1. The van der Waals surface area contributed by atoms with Gasteiger partial charge in [-0.15, -0.1) is 0 Å². The number of hydrogen-bond acceptors (Lipinski definition) is 2. The molecule has 25 heavy (non-hydrogen) atoms. The van der Waals surface area contributed by atoms with Gasteiger partial charge in [-0.1, -0.05) is 55.5 Å². The summed E-state index contributed by atoms with van der Waals surface area (Å²) in [7, 11) is 4.15. The Morgan fingerprint density at radius 3 is 2.08 bits per heavy atom. The van der Waals surface area contributed by atoms with Gasteiger partial charge < -0.3 is 10.2 Å². The van der Waals surface area contributed by atoms with Crippen LogP contribution in [-0.4, -0.2) is 30.4 Å². The number of nitrogens with zero attached hydrogens (tertiary/aromatic N) is 1. The zero-order chi connectivity index (χ0) is 18.6. The van der Waals surface area contributed by atoms with Crippen LogP contribution in [0.1, 0.15) is 53.4 Å². The molecule has 0 bridgehead atoms. The second-order valence-electron chi connectivity index (χ2n) is 7.19. The molecule has 0 radical (unpaired) electrons. The molecular formula is C22H30N2O. The standard InChI is InChI=1S/C22H30N2O/c1-7-22(4,24(5)6)20(18-14-9-8-10-15-18)23-21(25)19-16(2)12-11-13-17(19)3/h8-15,20H,7H2,1-6H3,(H,23,25). The van der Waals surface area contributed by atoms with Crippen LogP contribution in [0.3, 0.4) is 0 Å². The molecule has 1 N–H and O–H groups in total. The molecule has 0 spiro atoms. The van der Waals surface area contributed by atoms with Gasteiger partial charge in [-0.05, 0) is 58.0 Å². The zero-order valence-corrected chi connectivity index (χ0v) is 16.3. The van der Waals surface area contributed by atoms with Gasteiger partial charge in [0.2, 0.25) is 0 Å². The number of hydrogen-bond donors (Lipinski definition) is 1. The number of carbonyl (C=O) groups is 1. The van der Waals surface area contributed by atoms with Crippen LogP contribution in [0.2, 0.25) is 0 Å². The fourth-order valence-electron chi connectivity index (χ4n) is 3.40. The minimum absolute atomic E-state index is 0.00835. The van der Waals surface area contributed by atoms with E-state index in [0.717, 1.165) is 28.7 Å². The Kier molecular flexibility index (Phi) is 6.02. The van der Waals surface area contributed by atoms with E-state index < -0.39 is 0 Å². The lowest BCUT2D eigenvalue weighted by molar-refractivity contribution is 0.0789. The number of amides is 1. The van der Waals surface area contributed by atoms with Crippen molar-refractivity contribution < 1.29 is 4.79 Å². The first-order valence-corrected chi connectivity index (χ1v) is 8.90. The van der Waals surface area contributed by atoms with Gasteiger partial charge in [0.15, 0.2) is 0 Å². The van der Waals surface area contributed by atoms with Crippen molar-refractivity contribution in [3.8, 4) is 0 Å². The summed E-state index contributed by atoms with van der Waals surface area (Å²) in [5.41, 5.74) is 3.73. The van der Waals surface area contributed by atoms with E-state index in [0.29, 0.717) is 0 Å². The second-order valence-corrected chi connectivity index (χ2v) is 7.19. The van der Waals surface area contributed by atoms with Crippen molar-refractivity contribution >= 4 is 5.91 Å². The van der Waals surface area contributed by atoms with Crippen LogP contribution >= 0.6 is 0 Å². The van der Waals surface area contributed by atoms with E-state index in [1.165, 1.54) is 0 Å². The predicted molar refractivity (Wildman–Crippen MR) is 105 cm³/mol. The molecule has 2 aromatic rings. The van der Waals surface area contributed by atoms with Crippen LogP contribution in [0.15, 0.2) is 48.5 Å². The van der Waals surface area contributed by atoms with Crippen LogP contribution in [0.25, 0.3) is 0 Å². The third-order valence-electron chi connectivity index (χ3n) is 5.48. The Hall–Kier alpha value is -2.13. The third-order valence-corrected chi connectivity index (χ3v) is 5.48. The molecule has 0 saturated heterocycles. The molecule has 0 aromatic heterocycles. The molecule has 0 heterocycles. The monoisotopic (exact) mass is 338 g/mol. The summed E-state index contributed by atoms with van der Waals surface area (Å²) < 4.78 is 0. The van der Waals surface area contributed by atoms with Gasteiger partial charge >= 0.3 is 0 Å². The smallest absolute Gasteiger partial charge is 0.252 e. The largest absolute Gasteiger partial charge is 0.343 e. The van der Waals surface area contributed by atoms with E-state index >= 15 is 0 Å². The van der Waals surface area contributed by atoms with E-state index in [1.54, 1.807) is 0 Å². The Balaban J connectivity index is 2.45. The molecule has 2 aromatic carbocycles. The van der Waals surface area contributed by atoms with Gasteiger partial charge in [0.1, 0.15) is 0 Å². The topological polar surface area (TPSA) is 32.3 Å². The maximum atomic E-state index is 13.1. The van der Waals surface area contributed by atoms with E-state index in [9.17, 15) is 4.79 Å². The van der Waals surface area contributed by atoms with E-state index in [1.807, 2.05) is 50.2 Å². The first-order valence-electron chi connectivity index (χ1n) is 8.90. The average Bonchev–Trinajstić information content (AvgIpc) is 2.59. The Morgan fingerprint density at radius 1 is 1.04 bits per heavy atom. The van der Waals surface area contributed by atoms with Gasteiger partial charge in [0.25, 0.3) is 5.91 Å². The van der Waals surface area contributed by atoms with Crippen molar-refractivity contribution in [3.05, 3.63) is 70.8 Å². The minimum Gasteiger partial charge on any atom is -0.343 e. The first kappa shape index (κ1) is 19.2. The summed E-state index contributed by atoms with van der Waals surface area (Å²) >= 11 is 0. The molecule has 0 aliphatic heterocycles. The van der Waals surface area contributed by atoms with Crippen molar-refractivity contribution in [1.29, 1.82) is 0 Å². The van der Waals surface area contributed by atoms with Crippen LogP contribution < -0.4 is 5.32 Å². The number of aryl methyl sites for hydroxylation is 2.